The maximum Gasteiger partial charge on any atom is 0.00677 e. The first-order chi connectivity index (χ1) is 5.36. The summed E-state index contributed by atoms with van der Waals surface area (Å²) in [4.78, 5) is 0. The molecule has 0 aliphatic heterocycles. The van der Waals surface area contributed by atoms with Crippen LogP contribution in [0, 0.1) is 11.8 Å². The molecule has 1 aliphatic carbocycles. The molecule has 0 spiro atoms. The van der Waals surface area contributed by atoms with E-state index in [-0.39, 0.29) is 0 Å². The van der Waals surface area contributed by atoms with Gasteiger partial charge in [-0.15, -0.1) is 0 Å². The fourth-order valence-corrected chi connectivity index (χ4v) is 3.49. The van der Waals surface area contributed by atoms with Gasteiger partial charge in [0.25, 0.3) is 0 Å². The molecule has 0 heterocycles. The van der Waals surface area contributed by atoms with E-state index in [0.29, 0.717) is 0 Å². The van der Waals surface area contributed by atoms with Gasteiger partial charge in [0.05, 0.1) is 0 Å². The van der Waals surface area contributed by atoms with Crippen molar-refractivity contribution in [2.75, 3.05) is 10.7 Å². The molecule has 1 aliphatic rings. The summed E-state index contributed by atoms with van der Waals surface area (Å²) in [5.41, 5.74) is 0. The van der Waals surface area contributed by atoms with Gasteiger partial charge in [-0.2, -0.15) is 0 Å². The van der Waals surface area contributed by atoms with Crippen LogP contribution >= 0.6 is 31.9 Å². The monoisotopic (exact) mass is 282 g/mol. The summed E-state index contributed by atoms with van der Waals surface area (Å²) in [6.07, 6.45) is 7.34. The zero-order valence-electron chi connectivity index (χ0n) is 6.86. The fraction of sp³-hybridized carbons (Fsp3) is 1.00. The quantitative estimate of drug-likeness (QED) is 0.685. The molecule has 0 aromatic rings. The molecule has 0 radical (unpaired) electrons. The molecular formula is C9H16Br2. The topological polar surface area (TPSA) is 0 Å². The molecular weight excluding hydrogens is 268 g/mol. The Bertz CT molecular complexity index is 93.7. The Labute approximate surface area is 86.4 Å². The van der Waals surface area contributed by atoms with Gasteiger partial charge in [0, 0.05) is 10.7 Å². The van der Waals surface area contributed by atoms with Crippen molar-refractivity contribution in [3.8, 4) is 0 Å². The van der Waals surface area contributed by atoms with Crippen LogP contribution in [0.5, 0.6) is 0 Å². The number of rotatable bonds is 4. The van der Waals surface area contributed by atoms with E-state index in [0.717, 1.165) is 22.5 Å². The first-order valence-corrected chi connectivity index (χ1v) is 6.73. The van der Waals surface area contributed by atoms with Gasteiger partial charge in [-0.05, 0) is 18.3 Å². The van der Waals surface area contributed by atoms with E-state index in [1.807, 2.05) is 0 Å². The van der Waals surface area contributed by atoms with Gasteiger partial charge in [0.1, 0.15) is 0 Å². The van der Waals surface area contributed by atoms with Crippen molar-refractivity contribution < 1.29 is 0 Å². The Hall–Kier alpha value is 0.960. The third-order valence-corrected chi connectivity index (χ3v) is 4.41. The molecule has 11 heavy (non-hydrogen) atoms. The molecule has 66 valence electrons. The van der Waals surface area contributed by atoms with E-state index in [2.05, 4.69) is 31.9 Å². The van der Waals surface area contributed by atoms with Gasteiger partial charge in [0.15, 0.2) is 0 Å². The first kappa shape index (κ1) is 10.0. The predicted octanol–water partition coefficient (Wildman–Crippen LogP) is 3.97. The van der Waals surface area contributed by atoms with Crippen LogP contribution < -0.4 is 0 Å². The van der Waals surface area contributed by atoms with Gasteiger partial charge in [-0.3, -0.25) is 0 Å². The molecule has 0 atom stereocenters. The van der Waals surface area contributed by atoms with E-state index in [1.165, 1.54) is 32.1 Å². The van der Waals surface area contributed by atoms with E-state index in [1.54, 1.807) is 0 Å². The SMILES string of the molecule is BrCC(CBr)CC1CCCC1. The van der Waals surface area contributed by atoms with Crippen molar-refractivity contribution in [2.45, 2.75) is 32.1 Å². The fourth-order valence-electron chi connectivity index (χ4n) is 1.88. The highest BCUT2D eigenvalue weighted by Gasteiger charge is 2.18. The Morgan fingerprint density at radius 3 is 2.09 bits per heavy atom. The van der Waals surface area contributed by atoms with E-state index in [9.17, 15) is 0 Å². The molecule has 0 amide bonds. The summed E-state index contributed by atoms with van der Waals surface area (Å²) < 4.78 is 0. The summed E-state index contributed by atoms with van der Waals surface area (Å²) in [7, 11) is 0. The largest absolute Gasteiger partial charge is 0.0925 e. The number of hydrogen-bond donors (Lipinski definition) is 0. The lowest BCUT2D eigenvalue weighted by atomic mass is 9.96. The lowest BCUT2D eigenvalue weighted by molar-refractivity contribution is 0.430. The smallest absolute Gasteiger partial charge is 0.00677 e. The van der Waals surface area contributed by atoms with Crippen molar-refractivity contribution in [3.05, 3.63) is 0 Å². The lowest BCUT2D eigenvalue weighted by Crippen LogP contribution is -2.08. The van der Waals surface area contributed by atoms with Crippen LogP contribution in [0.4, 0.5) is 0 Å². The van der Waals surface area contributed by atoms with Gasteiger partial charge < -0.3 is 0 Å². The zero-order valence-corrected chi connectivity index (χ0v) is 10.0. The highest BCUT2D eigenvalue weighted by Crippen LogP contribution is 2.31. The Kier molecular flexibility index (Phi) is 5.09. The molecule has 0 aromatic carbocycles. The summed E-state index contributed by atoms with van der Waals surface area (Å²) in [6.45, 7) is 0. The average molecular weight is 284 g/mol. The number of hydrogen-bond acceptors (Lipinski definition) is 0. The maximum absolute atomic E-state index is 3.55. The highest BCUT2D eigenvalue weighted by atomic mass is 79.9. The molecule has 1 saturated carbocycles. The Morgan fingerprint density at radius 2 is 1.64 bits per heavy atom. The maximum atomic E-state index is 3.55. The minimum atomic E-state index is 0.859. The first-order valence-electron chi connectivity index (χ1n) is 4.48. The van der Waals surface area contributed by atoms with Crippen molar-refractivity contribution in [3.63, 3.8) is 0 Å². The molecule has 1 rings (SSSR count). The van der Waals surface area contributed by atoms with Crippen molar-refractivity contribution in [1.82, 2.24) is 0 Å². The van der Waals surface area contributed by atoms with Gasteiger partial charge in [0.2, 0.25) is 0 Å². The second-order valence-corrected chi connectivity index (χ2v) is 4.86. The normalized spacial score (nSPS) is 19.9. The van der Waals surface area contributed by atoms with Gasteiger partial charge >= 0.3 is 0 Å². The molecule has 0 bridgehead atoms. The van der Waals surface area contributed by atoms with Crippen LogP contribution in [-0.4, -0.2) is 10.7 Å². The van der Waals surface area contributed by atoms with E-state index < -0.39 is 0 Å². The number of halogens is 2. The molecule has 0 N–H and O–H groups in total. The summed E-state index contributed by atoms with van der Waals surface area (Å²) in [5, 5.41) is 2.32. The van der Waals surface area contributed by atoms with Crippen LogP contribution in [0.2, 0.25) is 0 Å². The average Bonchev–Trinajstić information content (AvgIpc) is 2.52. The summed E-state index contributed by atoms with van der Waals surface area (Å²) in [6, 6.07) is 0. The Balaban J connectivity index is 2.16. The predicted molar refractivity (Wildman–Crippen MR) is 57.7 cm³/mol. The second kappa shape index (κ2) is 5.58. The molecule has 0 unspecified atom stereocenters. The number of alkyl halides is 2. The third-order valence-electron chi connectivity index (χ3n) is 2.58. The second-order valence-electron chi connectivity index (χ2n) is 3.56. The molecule has 0 aromatic heterocycles. The van der Waals surface area contributed by atoms with Crippen LogP contribution in [0.3, 0.4) is 0 Å². The van der Waals surface area contributed by atoms with Crippen LogP contribution in [0.25, 0.3) is 0 Å². The summed E-state index contributed by atoms with van der Waals surface area (Å²) in [5.74, 6) is 1.90. The van der Waals surface area contributed by atoms with E-state index in [4.69, 9.17) is 0 Å². The highest BCUT2D eigenvalue weighted by molar-refractivity contribution is 9.09. The summed E-state index contributed by atoms with van der Waals surface area (Å²) >= 11 is 7.11. The van der Waals surface area contributed by atoms with Crippen molar-refractivity contribution in [2.24, 2.45) is 11.8 Å². The standard InChI is InChI=1S/C9H16Br2/c10-6-9(7-11)5-8-3-1-2-4-8/h8-9H,1-7H2. The molecule has 1 fully saturated rings. The van der Waals surface area contributed by atoms with Gasteiger partial charge in [-0.1, -0.05) is 57.5 Å². The van der Waals surface area contributed by atoms with Gasteiger partial charge in [-0.25, -0.2) is 0 Å². The van der Waals surface area contributed by atoms with Crippen LogP contribution in [-0.2, 0) is 0 Å². The van der Waals surface area contributed by atoms with Crippen LogP contribution in [0.1, 0.15) is 32.1 Å². The Morgan fingerprint density at radius 1 is 1.09 bits per heavy atom. The minimum absolute atomic E-state index is 0.859. The molecule has 0 nitrogen and oxygen atoms in total. The van der Waals surface area contributed by atoms with Crippen molar-refractivity contribution in [1.29, 1.82) is 0 Å². The van der Waals surface area contributed by atoms with Crippen molar-refractivity contribution >= 4 is 31.9 Å². The molecule has 2 heteroatoms. The third kappa shape index (κ3) is 3.45. The zero-order chi connectivity index (χ0) is 8.10. The van der Waals surface area contributed by atoms with E-state index >= 15 is 0 Å². The lowest BCUT2D eigenvalue weighted by Gasteiger charge is -2.15. The minimum Gasteiger partial charge on any atom is -0.0925 e. The van der Waals surface area contributed by atoms with Crippen LogP contribution in [0.15, 0.2) is 0 Å². The molecule has 0 saturated heterocycles.